The number of nitrogens with one attached hydrogen (secondary N) is 2. The number of aromatic nitrogens is 3. The van der Waals surface area contributed by atoms with Crippen LogP contribution in [0.15, 0.2) is 54.9 Å². The molecule has 4 aliphatic rings. The molecule has 2 N–H and O–H groups in total. The van der Waals surface area contributed by atoms with Gasteiger partial charge in [-0.3, -0.25) is 34.2 Å². The number of ether oxygens (including phenoxy) is 1. The van der Waals surface area contributed by atoms with Crippen LogP contribution in [0.5, 0.6) is 5.75 Å². The van der Waals surface area contributed by atoms with E-state index in [4.69, 9.17) is 9.84 Å². The Bertz CT molecular complexity index is 2230. The normalized spacial score (nSPS) is 18.8. The summed E-state index contributed by atoms with van der Waals surface area (Å²) in [6, 6.07) is 9.89. The first-order valence-corrected chi connectivity index (χ1v) is 18.4. The molecule has 56 heavy (non-hydrogen) atoms. The Morgan fingerprint density at radius 3 is 2.36 bits per heavy atom. The van der Waals surface area contributed by atoms with E-state index in [2.05, 4.69) is 25.4 Å². The summed E-state index contributed by atoms with van der Waals surface area (Å²) in [5.74, 6) is -1.36. The lowest BCUT2D eigenvalue weighted by Crippen LogP contribution is -2.58. The van der Waals surface area contributed by atoms with E-state index in [1.165, 1.54) is 7.11 Å². The van der Waals surface area contributed by atoms with Crippen LogP contribution in [0.1, 0.15) is 74.9 Å². The van der Waals surface area contributed by atoms with E-state index in [9.17, 15) is 37.1 Å². The van der Waals surface area contributed by atoms with Crippen molar-refractivity contribution in [1.29, 1.82) is 0 Å². The predicted octanol–water partition coefficient (Wildman–Crippen LogP) is 4.72. The van der Waals surface area contributed by atoms with E-state index in [1.54, 1.807) is 24.3 Å². The number of imide groups is 2. The van der Waals surface area contributed by atoms with E-state index in [-0.39, 0.29) is 35.7 Å². The predicted molar refractivity (Wildman–Crippen MR) is 195 cm³/mol. The number of hydrogen-bond donors (Lipinski definition) is 2. The van der Waals surface area contributed by atoms with Crippen LogP contribution in [0.3, 0.4) is 0 Å². The van der Waals surface area contributed by atoms with Gasteiger partial charge in [0, 0.05) is 68.7 Å². The fraction of sp³-hybridized carbons (Fsp3) is 0.395. The molecule has 8 rings (SSSR count). The van der Waals surface area contributed by atoms with Gasteiger partial charge in [-0.1, -0.05) is 0 Å². The van der Waals surface area contributed by atoms with Gasteiger partial charge in [-0.05, 0) is 68.0 Å². The number of hydrazine groups is 1. The molecule has 18 heteroatoms. The first-order valence-electron chi connectivity index (χ1n) is 18.4. The van der Waals surface area contributed by atoms with Gasteiger partial charge in [0.15, 0.2) is 0 Å². The number of benzene rings is 2. The number of anilines is 2. The fourth-order valence-electron chi connectivity index (χ4n) is 7.90. The van der Waals surface area contributed by atoms with Gasteiger partial charge < -0.3 is 19.9 Å². The highest BCUT2D eigenvalue weighted by Gasteiger charge is 2.43. The largest absolute Gasteiger partial charge is 0.494 e. The average molecular weight is 774 g/mol. The van der Waals surface area contributed by atoms with Crippen molar-refractivity contribution in [3.8, 4) is 5.75 Å². The fourth-order valence-corrected chi connectivity index (χ4v) is 7.90. The molecular weight excluding hydrogens is 735 g/mol. The molecule has 2 aromatic heterocycles. The number of amides is 6. The van der Waals surface area contributed by atoms with Crippen LogP contribution in [0.25, 0.3) is 10.9 Å². The summed E-state index contributed by atoms with van der Waals surface area (Å²) in [5, 5.41) is 12.3. The lowest BCUT2D eigenvalue weighted by atomic mass is 9.94. The maximum absolute atomic E-state index is 13.3. The van der Waals surface area contributed by atoms with Crippen molar-refractivity contribution in [3.05, 3.63) is 77.2 Å². The highest BCUT2D eigenvalue weighted by molar-refractivity contribution is 6.22. The number of fused-ring (bicyclic) bond motifs is 2. The Balaban J connectivity index is 0.837. The maximum atomic E-state index is 13.3. The molecule has 0 spiro atoms. The average Bonchev–Trinajstić information content (AvgIpc) is 3.71. The summed E-state index contributed by atoms with van der Waals surface area (Å²) >= 11 is 0. The van der Waals surface area contributed by atoms with Crippen molar-refractivity contribution in [2.75, 3.05) is 56.6 Å². The van der Waals surface area contributed by atoms with E-state index in [0.29, 0.717) is 22.9 Å². The maximum Gasteiger partial charge on any atom is 0.433 e. The summed E-state index contributed by atoms with van der Waals surface area (Å²) in [4.78, 5) is 71.2. The molecule has 0 radical (unpaired) electrons. The molecule has 4 aromatic rings. The number of hydrogen-bond acceptors (Lipinski definition) is 10. The number of alkyl halides is 3. The Morgan fingerprint density at radius 1 is 0.929 bits per heavy atom. The van der Waals surface area contributed by atoms with Gasteiger partial charge in [0.2, 0.25) is 5.91 Å². The lowest BCUT2D eigenvalue weighted by Gasteiger charge is -2.38. The molecular formula is C38H38F3N9O6. The number of carbonyl (C=O) groups excluding carboxylic acids is 5. The molecule has 292 valence electrons. The molecule has 0 atom stereocenters. The topological polar surface area (TPSA) is 162 Å². The molecule has 2 aromatic carbocycles. The van der Waals surface area contributed by atoms with Crippen LogP contribution in [-0.2, 0) is 11.0 Å². The van der Waals surface area contributed by atoms with Crippen molar-refractivity contribution >= 4 is 51.9 Å². The van der Waals surface area contributed by atoms with E-state index >= 15 is 0 Å². The Labute approximate surface area is 318 Å². The monoisotopic (exact) mass is 773 g/mol. The Hall–Kier alpha value is -6.04. The van der Waals surface area contributed by atoms with Gasteiger partial charge in [-0.2, -0.15) is 23.3 Å². The first-order chi connectivity index (χ1) is 26.9. The molecule has 0 bridgehead atoms. The van der Waals surface area contributed by atoms with Crippen LogP contribution in [0.4, 0.5) is 29.3 Å². The molecule has 0 aliphatic carbocycles. The SMILES string of the molecule is COc1cc2nn(C3CCN(CC4CCN(c5ccc6c(c5)C(=O)N(N5CCC(=O)NC5=O)C6=O)CC4)CC3)cc2cc1NC(=O)c1ccc(C(F)(F)F)nc1. The minimum absolute atomic E-state index is 0.000353. The highest BCUT2D eigenvalue weighted by Crippen LogP contribution is 2.35. The van der Waals surface area contributed by atoms with Crippen LogP contribution < -0.4 is 20.3 Å². The number of carbonyl (C=O) groups is 5. The van der Waals surface area contributed by atoms with Crippen LogP contribution >= 0.6 is 0 Å². The van der Waals surface area contributed by atoms with Gasteiger partial charge in [-0.15, -0.1) is 0 Å². The van der Waals surface area contributed by atoms with Crippen molar-refractivity contribution in [3.63, 3.8) is 0 Å². The van der Waals surface area contributed by atoms with Crippen molar-refractivity contribution in [2.45, 2.75) is 44.3 Å². The molecule has 0 saturated carbocycles. The second-order valence-electron chi connectivity index (χ2n) is 14.4. The standard InChI is InChI=1S/C38H38F3N9O6/c1-56-31-18-29-24(16-30(31)43-34(52)23-2-5-32(42-19-23)38(39,40)41)21-48(45-29)25-8-11-46(12-9-25)20-22-6-13-47(14-7-22)26-3-4-27-28(17-26)36(54)50(35(27)53)49-15-10-33(51)44-37(49)55/h2-5,16-19,21-22,25H,6-15,20H2,1H3,(H,43,52)(H,44,51,55). The second-order valence-corrected chi connectivity index (χ2v) is 14.4. The van der Waals surface area contributed by atoms with Gasteiger partial charge in [-0.25, -0.2) is 9.80 Å². The summed E-state index contributed by atoms with van der Waals surface area (Å²) in [5.41, 5.74) is 1.27. The smallest absolute Gasteiger partial charge is 0.433 e. The summed E-state index contributed by atoms with van der Waals surface area (Å²) < 4.78 is 46.2. The zero-order valence-corrected chi connectivity index (χ0v) is 30.3. The minimum Gasteiger partial charge on any atom is -0.494 e. The van der Waals surface area contributed by atoms with Crippen molar-refractivity contribution in [2.24, 2.45) is 5.92 Å². The Morgan fingerprint density at radius 2 is 1.68 bits per heavy atom. The number of likely N-dealkylation sites (tertiary alicyclic amines) is 1. The zero-order valence-electron chi connectivity index (χ0n) is 30.3. The molecule has 0 unspecified atom stereocenters. The van der Waals surface area contributed by atoms with Crippen LogP contribution in [0, 0.1) is 5.92 Å². The number of rotatable bonds is 8. The Kier molecular flexibility index (Phi) is 9.59. The third-order valence-electron chi connectivity index (χ3n) is 11.0. The quantitative estimate of drug-likeness (QED) is 0.240. The molecule has 4 aliphatic heterocycles. The molecule has 3 fully saturated rings. The van der Waals surface area contributed by atoms with Gasteiger partial charge >= 0.3 is 12.2 Å². The van der Waals surface area contributed by atoms with Gasteiger partial charge in [0.1, 0.15) is 11.4 Å². The number of urea groups is 1. The zero-order chi connectivity index (χ0) is 39.3. The summed E-state index contributed by atoms with van der Waals surface area (Å²) in [6.07, 6.45) is 1.98. The van der Waals surface area contributed by atoms with Crippen LogP contribution in [0.2, 0.25) is 0 Å². The number of methoxy groups -OCH3 is 1. The summed E-state index contributed by atoms with van der Waals surface area (Å²) in [7, 11) is 1.46. The number of piperidine rings is 2. The number of nitrogens with zero attached hydrogens (tertiary/aromatic N) is 7. The molecule has 3 saturated heterocycles. The molecule has 6 heterocycles. The van der Waals surface area contributed by atoms with E-state index < -0.39 is 41.5 Å². The van der Waals surface area contributed by atoms with Crippen molar-refractivity contribution < 1.29 is 41.9 Å². The van der Waals surface area contributed by atoms with Gasteiger partial charge in [0.05, 0.1) is 47.6 Å². The number of halogens is 3. The summed E-state index contributed by atoms with van der Waals surface area (Å²) in [6.45, 7) is 4.35. The highest BCUT2D eigenvalue weighted by atomic mass is 19.4. The third-order valence-corrected chi connectivity index (χ3v) is 11.0. The minimum atomic E-state index is -4.60. The lowest BCUT2D eigenvalue weighted by molar-refractivity contribution is -0.141. The third kappa shape index (κ3) is 7.11. The van der Waals surface area contributed by atoms with E-state index in [0.717, 1.165) is 97.8 Å². The van der Waals surface area contributed by atoms with E-state index in [1.807, 2.05) is 16.9 Å². The van der Waals surface area contributed by atoms with Crippen LogP contribution in [-0.4, -0.2) is 106 Å². The second kappa shape index (κ2) is 14.6. The molecule has 15 nitrogen and oxygen atoms in total. The first kappa shape index (κ1) is 36.9. The molecule has 6 amide bonds. The number of pyridine rings is 1. The van der Waals surface area contributed by atoms with Gasteiger partial charge in [0.25, 0.3) is 17.7 Å². The van der Waals surface area contributed by atoms with Crippen molar-refractivity contribution in [1.82, 2.24) is 35.0 Å².